The zero-order valence-corrected chi connectivity index (χ0v) is 17.5. The van der Waals surface area contributed by atoms with E-state index in [-0.39, 0.29) is 16.7 Å². The Bertz CT molecular complexity index is 1310. The highest BCUT2D eigenvalue weighted by Gasteiger charge is 2.33. The van der Waals surface area contributed by atoms with Crippen LogP contribution in [0.3, 0.4) is 0 Å². The van der Waals surface area contributed by atoms with Crippen LogP contribution in [0.15, 0.2) is 53.4 Å². The largest absolute Gasteiger partial charge is 0.507 e. The molecule has 32 heavy (non-hydrogen) atoms. The van der Waals surface area contributed by atoms with Gasteiger partial charge in [-0.1, -0.05) is 0 Å². The van der Waals surface area contributed by atoms with E-state index in [9.17, 15) is 19.4 Å². The number of hydrogen-bond donors (Lipinski definition) is 2. The molecular weight excluding hydrogens is 413 g/mol. The van der Waals surface area contributed by atoms with Crippen LogP contribution >= 0.6 is 0 Å². The monoisotopic (exact) mass is 435 g/mol. The molecule has 2 aromatic carbocycles. The van der Waals surface area contributed by atoms with Gasteiger partial charge < -0.3 is 19.5 Å². The maximum atomic E-state index is 14.1. The smallest absolute Gasteiger partial charge is 0.339 e. The molecule has 0 aliphatic carbocycles. The second kappa shape index (κ2) is 7.89. The molecule has 0 amide bonds. The molecular formula is C24H22FN3O4. The van der Waals surface area contributed by atoms with Crippen LogP contribution < -0.4 is 0 Å². The number of piperazine rings is 1. The van der Waals surface area contributed by atoms with Crippen molar-refractivity contribution in [1.29, 1.82) is 0 Å². The van der Waals surface area contributed by atoms with Gasteiger partial charge in [-0.15, -0.1) is 0 Å². The Balaban J connectivity index is 1.87. The summed E-state index contributed by atoms with van der Waals surface area (Å²) < 4.78 is 19.8. The number of benzene rings is 2. The molecule has 3 heterocycles. The summed E-state index contributed by atoms with van der Waals surface area (Å²) in [5, 5.41) is 22.4. The summed E-state index contributed by atoms with van der Waals surface area (Å²) in [4.78, 5) is 20.6. The zero-order valence-electron chi connectivity index (χ0n) is 17.5. The summed E-state index contributed by atoms with van der Waals surface area (Å²) in [5.41, 5.74) is 1.54. The predicted molar refractivity (Wildman–Crippen MR) is 117 cm³/mol. The molecule has 8 heteroatoms. The minimum absolute atomic E-state index is 0.0373. The number of rotatable bonds is 4. The number of phenols is 1. The van der Waals surface area contributed by atoms with Gasteiger partial charge in [0, 0.05) is 60.3 Å². The fourth-order valence-corrected chi connectivity index (χ4v) is 4.61. The maximum Gasteiger partial charge on any atom is 0.339 e. The summed E-state index contributed by atoms with van der Waals surface area (Å²) >= 11 is 0. The van der Waals surface area contributed by atoms with Crippen LogP contribution in [0.4, 0.5) is 4.39 Å². The SMILES string of the molecule is CN1CCN(C(c2ccncc2)c2c(O)c3cc(F)ccc3c3occ(C(=O)O)c23)CC1. The van der Waals surface area contributed by atoms with Gasteiger partial charge >= 0.3 is 5.97 Å². The fraction of sp³-hybridized carbons (Fsp3) is 0.250. The molecule has 5 rings (SSSR count). The number of carboxylic acid groups (broad SMARTS) is 1. The Morgan fingerprint density at radius 2 is 1.84 bits per heavy atom. The molecule has 0 spiro atoms. The van der Waals surface area contributed by atoms with Gasteiger partial charge in [-0.3, -0.25) is 9.88 Å². The van der Waals surface area contributed by atoms with Crippen LogP contribution in [0.25, 0.3) is 21.7 Å². The maximum absolute atomic E-state index is 14.1. The van der Waals surface area contributed by atoms with Crippen molar-refractivity contribution in [2.24, 2.45) is 0 Å². The molecule has 0 saturated carbocycles. The first kappa shape index (κ1) is 20.4. The van der Waals surface area contributed by atoms with Gasteiger partial charge in [-0.05, 0) is 42.9 Å². The van der Waals surface area contributed by atoms with Gasteiger partial charge in [0.15, 0.2) is 0 Å². The average Bonchev–Trinajstić information content (AvgIpc) is 3.23. The Morgan fingerprint density at radius 3 is 2.53 bits per heavy atom. The molecule has 0 radical (unpaired) electrons. The molecule has 1 aliphatic heterocycles. The molecule has 1 fully saturated rings. The first-order valence-corrected chi connectivity index (χ1v) is 10.4. The normalized spacial score (nSPS) is 16.6. The standard InChI is InChI=1S/C24H22FN3O4/c1-27-8-10-28(11-9-27)21(14-4-6-26-7-5-14)20-19-18(24(30)31)13-32-23(19)16-3-2-15(25)12-17(16)22(20)29/h2-7,12-13,21,29H,8-11H2,1H3,(H,30,31). The lowest BCUT2D eigenvalue weighted by molar-refractivity contribution is 0.0697. The van der Waals surface area contributed by atoms with Crippen molar-refractivity contribution in [3.05, 3.63) is 71.5 Å². The number of furan rings is 1. The van der Waals surface area contributed by atoms with E-state index in [1.54, 1.807) is 12.4 Å². The van der Waals surface area contributed by atoms with Gasteiger partial charge in [0.1, 0.15) is 29.0 Å². The molecule has 2 N–H and O–H groups in total. The molecule has 1 saturated heterocycles. The lowest BCUT2D eigenvalue weighted by Gasteiger charge is -2.39. The first-order valence-electron chi connectivity index (χ1n) is 10.4. The highest BCUT2D eigenvalue weighted by molar-refractivity contribution is 6.15. The summed E-state index contributed by atoms with van der Waals surface area (Å²) in [5.74, 6) is -1.79. The van der Waals surface area contributed by atoms with Gasteiger partial charge in [-0.2, -0.15) is 0 Å². The van der Waals surface area contributed by atoms with Gasteiger partial charge in [0.05, 0.1) is 6.04 Å². The van der Waals surface area contributed by atoms with E-state index >= 15 is 0 Å². The van der Waals surface area contributed by atoms with E-state index in [4.69, 9.17) is 4.42 Å². The Labute approximate surface area is 183 Å². The minimum Gasteiger partial charge on any atom is -0.507 e. The van der Waals surface area contributed by atoms with Crippen LogP contribution in [-0.4, -0.2) is 64.2 Å². The van der Waals surface area contributed by atoms with Crippen molar-refractivity contribution in [3.8, 4) is 5.75 Å². The van der Waals surface area contributed by atoms with E-state index in [0.717, 1.165) is 18.7 Å². The molecule has 4 aromatic rings. The number of likely N-dealkylation sites (N-methyl/N-ethyl adjacent to an activating group) is 1. The molecule has 1 atom stereocenters. The number of aromatic nitrogens is 1. The number of carbonyl (C=O) groups is 1. The number of aromatic hydroxyl groups is 1. The van der Waals surface area contributed by atoms with E-state index in [1.165, 1.54) is 24.5 Å². The summed E-state index contributed by atoms with van der Waals surface area (Å²) in [6.45, 7) is 3.08. The number of carboxylic acids is 1. The molecule has 7 nitrogen and oxygen atoms in total. The quantitative estimate of drug-likeness (QED) is 0.503. The lowest BCUT2D eigenvalue weighted by atomic mass is 9.89. The van der Waals surface area contributed by atoms with E-state index in [1.807, 2.05) is 19.2 Å². The van der Waals surface area contributed by atoms with Gasteiger partial charge in [0.2, 0.25) is 0 Å². The van der Waals surface area contributed by atoms with E-state index in [2.05, 4.69) is 14.8 Å². The summed E-state index contributed by atoms with van der Waals surface area (Å²) in [7, 11) is 2.05. The topological polar surface area (TPSA) is 90.0 Å². The summed E-state index contributed by atoms with van der Waals surface area (Å²) in [6.07, 6.45) is 4.52. The van der Waals surface area contributed by atoms with Crippen molar-refractivity contribution in [2.75, 3.05) is 33.2 Å². The fourth-order valence-electron chi connectivity index (χ4n) is 4.61. The molecule has 1 unspecified atom stereocenters. The number of fused-ring (bicyclic) bond motifs is 3. The van der Waals surface area contributed by atoms with Crippen molar-refractivity contribution in [2.45, 2.75) is 6.04 Å². The van der Waals surface area contributed by atoms with Crippen LogP contribution in [0.5, 0.6) is 5.75 Å². The van der Waals surface area contributed by atoms with Gasteiger partial charge in [-0.25, -0.2) is 9.18 Å². The van der Waals surface area contributed by atoms with Crippen molar-refractivity contribution in [3.63, 3.8) is 0 Å². The van der Waals surface area contributed by atoms with Gasteiger partial charge in [0.25, 0.3) is 0 Å². The average molecular weight is 435 g/mol. The molecule has 164 valence electrons. The third-order valence-electron chi connectivity index (χ3n) is 6.23. The second-order valence-corrected chi connectivity index (χ2v) is 8.13. The number of hydrogen-bond acceptors (Lipinski definition) is 6. The number of aromatic carboxylic acids is 1. The predicted octanol–water partition coefficient (Wildman–Crippen LogP) is 3.86. The second-order valence-electron chi connectivity index (χ2n) is 8.13. The summed E-state index contributed by atoms with van der Waals surface area (Å²) in [6, 6.07) is 7.27. The number of halogens is 1. The first-order chi connectivity index (χ1) is 15.5. The highest BCUT2D eigenvalue weighted by atomic mass is 19.1. The zero-order chi connectivity index (χ0) is 22.4. The van der Waals surface area contributed by atoms with E-state index in [0.29, 0.717) is 35.0 Å². The highest BCUT2D eigenvalue weighted by Crippen LogP contribution is 2.46. The minimum atomic E-state index is -1.15. The molecule has 1 aliphatic rings. The van der Waals surface area contributed by atoms with Crippen molar-refractivity contribution >= 4 is 27.7 Å². The third kappa shape index (κ3) is 3.28. The van der Waals surface area contributed by atoms with Crippen LogP contribution in [0, 0.1) is 5.82 Å². The van der Waals surface area contributed by atoms with Crippen LogP contribution in [-0.2, 0) is 0 Å². The van der Waals surface area contributed by atoms with Crippen molar-refractivity contribution < 1.29 is 23.8 Å². The lowest BCUT2D eigenvalue weighted by Crippen LogP contribution is -2.46. The number of phenolic OH excluding ortho intramolecular Hbond substituents is 1. The van der Waals surface area contributed by atoms with Crippen molar-refractivity contribution in [1.82, 2.24) is 14.8 Å². The Hall–Kier alpha value is -3.49. The van der Waals surface area contributed by atoms with Crippen LogP contribution in [0.2, 0.25) is 0 Å². The number of nitrogens with zero attached hydrogens (tertiary/aromatic N) is 3. The van der Waals surface area contributed by atoms with E-state index < -0.39 is 17.8 Å². The third-order valence-corrected chi connectivity index (χ3v) is 6.23. The molecule has 0 bridgehead atoms. The Morgan fingerprint density at radius 1 is 1.12 bits per heavy atom. The van der Waals surface area contributed by atoms with Crippen LogP contribution in [0.1, 0.15) is 27.5 Å². The Kier molecular flexibility index (Phi) is 5.03. The molecule has 2 aromatic heterocycles. The number of pyridine rings is 1.